The van der Waals surface area contributed by atoms with E-state index < -0.39 is 0 Å². The Hall–Kier alpha value is -0.0800. The molecular weight excluding hydrogens is 220 g/mol. The zero-order valence-corrected chi connectivity index (χ0v) is 12.0. The second-order valence-electron chi connectivity index (χ2n) is 7.19. The van der Waals surface area contributed by atoms with Crippen molar-refractivity contribution in [1.82, 2.24) is 10.6 Å². The Morgan fingerprint density at radius 1 is 1.17 bits per heavy atom. The molecule has 18 heavy (non-hydrogen) atoms. The Morgan fingerprint density at radius 2 is 1.89 bits per heavy atom. The number of fused-ring (bicyclic) bond motifs is 2. The first kappa shape index (κ1) is 12.9. The summed E-state index contributed by atoms with van der Waals surface area (Å²) in [4.78, 5) is 0. The van der Waals surface area contributed by atoms with Gasteiger partial charge in [-0.15, -0.1) is 0 Å². The molecule has 104 valence electrons. The lowest BCUT2D eigenvalue weighted by Crippen LogP contribution is -2.39. The summed E-state index contributed by atoms with van der Waals surface area (Å²) >= 11 is 0. The smallest absolute Gasteiger partial charge is 0.00728 e. The predicted octanol–water partition coefficient (Wildman–Crippen LogP) is 3.08. The molecule has 1 aliphatic carbocycles. The Kier molecular flexibility index (Phi) is 3.95. The molecule has 0 spiro atoms. The normalized spacial score (nSPS) is 36.8. The van der Waals surface area contributed by atoms with E-state index in [-0.39, 0.29) is 0 Å². The predicted molar refractivity (Wildman–Crippen MR) is 76.7 cm³/mol. The van der Waals surface area contributed by atoms with Crippen LogP contribution in [0.15, 0.2) is 0 Å². The topological polar surface area (TPSA) is 24.1 Å². The van der Waals surface area contributed by atoms with E-state index in [2.05, 4.69) is 17.6 Å². The lowest BCUT2D eigenvalue weighted by atomic mass is 9.89. The Bertz CT molecular complexity index is 260. The maximum absolute atomic E-state index is 3.75. The quantitative estimate of drug-likeness (QED) is 0.679. The van der Waals surface area contributed by atoms with Crippen LogP contribution in [0.1, 0.15) is 64.7 Å². The van der Waals surface area contributed by atoms with E-state index in [1.54, 1.807) is 0 Å². The summed E-state index contributed by atoms with van der Waals surface area (Å²) in [6, 6.07) is 1.73. The fourth-order valence-corrected chi connectivity index (χ4v) is 4.29. The van der Waals surface area contributed by atoms with Crippen molar-refractivity contribution in [3.05, 3.63) is 0 Å². The van der Waals surface area contributed by atoms with E-state index in [1.807, 2.05) is 0 Å². The number of rotatable bonds is 7. The second-order valence-corrected chi connectivity index (χ2v) is 7.19. The third-order valence-corrected chi connectivity index (χ3v) is 5.54. The second kappa shape index (κ2) is 5.50. The van der Waals surface area contributed by atoms with Crippen molar-refractivity contribution in [3.63, 3.8) is 0 Å². The van der Waals surface area contributed by atoms with Crippen molar-refractivity contribution < 1.29 is 0 Å². The minimum absolute atomic E-state index is 0.724. The van der Waals surface area contributed by atoms with Crippen molar-refractivity contribution >= 4 is 0 Å². The molecule has 0 amide bonds. The Balaban J connectivity index is 1.31. The van der Waals surface area contributed by atoms with E-state index >= 15 is 0 Å². The molecule has 2 aliphatic heterocycles. The first-order chi connectivity index (χ1) is 8.80. The van der Waals surface area contributed by atoms with E-state index in [9.17, 15) is 0 Å². The molecule has 2 atom stereocenters. The molecule has 3 fully saturated rings. The largest absolute Gasteiger partial charge is 0.316 e. The SMILES string of the molecule is CCCC1(CNCCC2CC3CCC(C2)N3)CC1. The molecule has 3 aliphatic rings. The van der Waals surface area contributed by atoms with E-state index in [0.29, 0.717) is 0 Å². The molecule has 0 aromatic rings. The minimum atomic E-state index is 0.724. The number of hydrogen-bond donors (Lipinski definition) is 2. The highest BCUT2D eigenvalue weighted by Gasteiger charge is 2.40. The third kappa shape index (κ3) is 3.08. The van der Waals surface area contributed by atoms with Crippen LogP contribution >= 0.6 is 0 Å². The average molecular weight is 250 g/mol. The fraction of sp³-hybridized carbons (Fsp3) is 1.00. The first-order valence-corrected chi connectivity index (χ1v) is 8.26. The van der Waals surface area contributed by atoms with Gasteiger partial charge in [0.05, 0.1) is 0 Å². The summed E-state index contributed by atoms with van der Waals surface area (Å²) < 4.78 is 0. The molecular formula is C16H30N2. The van der Waals surface area contributed by atoms with Gasteiger partial charge in [-0.2, -0.15) is 0 Å². The number of nitrogens with one attached hydrogen (secondary N) is 2. The molecule has 2 heteroatoms. The van der Waals surface area contributed by atoms with Gasteiger partial charge in [0, 0.05) is 18.6 Å². The summed E-state index contributed by atoms with van der Waals surface area (Å²) in [6.45, 7) is 4.87. The highest BCUT2D eigenvalue weighted by molar-refractivity contribution is 4.95. The fourth-order valence-electron chi connectivity index (χ4n) is 4.29. The van der Waals surface area contributed by atoms with Gasteiger partial charge < -0.3 is 10.6 Å². The number of hydrogen-bond acceptors (Lipinski definition) is 2. The van der Waals surface area contributed by atoms with Crippen LogP contribution < -0.4 is 10.6 Å². The molecule has 0 radical (unpaired) electrons. The van der Waals surface area contributed by atoms with E-state index in [4.69, 9.17) is 0 Å². The molecule has 2 saturated heterocycles. The maximum atomic E-state index is 3.75. The van der Waals surface area contributed by atoms with Gasteiger partial charge in [-0.1, -0.05) is 13.3 Å². The molecule has 2 heterocycles. The zero-order valence-electron chi connectivity index (χ0n) is 12.0. The van der Waals surface area contributed by atoms with Crippen LogP contribution in [0.2, 0.25) is 0 Å². The molecule has 3 rings (SSSR count). The summed E-state index contributed by atoms with van der Waals surface area (Å²) in [5.74, 6) is 0.998. The van der Waals surface area contributed by atoms with Gasteiger partial charge in [0.15, 0.2) is 0 Å². The van der Waals surface area contributed by atoms with Crippen LogP contribution in [-0.2, 0) is 0 Å². The van der Waals surface area contributed by atoms with Gasteiger partial charge >= 0.3 is 0 Å². The van der Waals surface area contributed by atoms with Gasteiger partial charge in [0.25, 0.3) is 0 Å². The van der Waals surface area contributed by atoms with Crippen LogP contribution in [0.5, 0.6) is 0 Å². The van der Waals surface area contributed by atoms with Crippen molar-refractivity contribution in [1.29, 1.82) is 0 Å². The average Bonchev–Trinajstić information content (AvgIpc) is 3.05. The lowest BCUT2D eigenvalue weighted by Gasteiger charge is -2.29. The van der Waals surface area contributed by atoms with Crippen molar-refractivity contribution in [2.45, 2.75) is 76.8 Å². The van der Waals surface area contributed by atoms with Crippen LogP contribution in [0.3, 0.4) is 0 Å². The standard InChI is InChI=1S/C16H30N2/c1-2-6-16(7-8-16)12-17-9-5-13-10-14-3-4-15(11-13)18-14/h13-15,17-18H,2-12H2,1H3. The zero-order chi connectivity index (χ0) is 12.4. The molecule has 0 aromatic carbocycles. The van der Waals surface area contributed by atoms with Gasteiger partial charge in [0.1, 0.15) is 0 Å². The monoisotopic (exact) mass is 250 g/mol. The van der Waals surface area contributed by atoms with E-state index in [0.717, 1.165) is 23.4 Å². The van der Waals surface area contributed by atoms with Gasteiger partial charge in [-0.25, -0.2) is 0 Å². The maximum Gasteiger partial charge on any atom is 0.00728 e. The molecule has 2 nitrogen and oxygen atoms in total. The third-order valence-electron chi connectivity index (χ3n) is 5.54. The summed E-state index contributed by atoms with van der Waals surface area (Å²) in [5.41, 5.74) is 0.724. The molecule has 1 saturated carbocycles. The van der Waals surface area contributed by atoms with Gasteiger partial charge in [0.2, 0.25) is 0 Å². The lowest BCUT2D eigenvalue weighted by molar-refractivity contribution is 0.280. The molecule has 2 N–H and O–H groups in total. The molecule has 2 bridgehead atoms. The highest BCUT2D eigenvalue weighted by atomic mass is 15.0. The molecule has 0 aromatic heterocycles. The van der Waals surface area contributed by atoms with Crippen LogP contribution in [0.4, 0.5) is 0 Å². The Labute approximate surface area is 112 Å². The van der Waals surface area contributed by atoms with Crippen molar-refractivity contribution in [3.8, 4) is 0 Å². The van der Waals surface area contributed by atoms with Crippen LogP contribution in [0.25, 0.3) is 0 Å². The van der Waals surface area contributed by atoms with Crippen molar-refractivity contribution in [2.75, 3.05) is 13.1 Å². The molecule has 2 unspecified atom stereocenters. The summed E-state index contributed by atoms with van der Waals surface area (Å²) in [6.07, 6.45) is 12.9. The minimum Gasteiger partial charge on any atom is -0.316 e. The summed E-state index contributed by atoms with van der Waals surface area (Å²) in [5, 5.41) is 7.49. The highest BCUT2D eigenvalue weighted by Crippen LogP contribution is 2.48. The first-order valence-electron chi connectivity index (χ1n) is 8.26. The Morgan fingerprint density at radius 3 is 2.50 bits per heavy atom. The van der Waals surface area contributed by atoms with Gasteiger partial charge in [-0.05, 0) is 69.2 Å². The van der Waals surface area contributed by atoms with Crippen molar-refractivity contribution in [2.24, 2.45) is 11.3 Å². The van der Waals surface area contributed by atoms with E-state index in [1.165, 1.54) is 70.9 Å². The number of piperidine rings is 1. The summed E-state index contributed by atoms with van der Waals surface area (Å²) in [7, 11) is 0. The van der Waals surface area contributed by atoms with Crippen LogP contribution in [-0.4, -0.2) is 25.2 Å². The van der Waals surface area contributed by atoms with Crippen LogP contribution in [0, 0.1) is 11.3 Å². The van der Waals surface area contributed by atoms with Gasteiger partial charge in [-0.3, -0.25) is 0 Å².